The van der Waals surface area contributed by atoms with Crippen LogP contribution in [0.2, 0.25) is 0 Å². The van der Waals surface area contributed by atoms with E-state index in [4.69, 9.17) is 17.3 Å². The van der Waals surface area contributed by atoms with E-state index in [1.165, 1.54) is 12.0 Å². The number of aliphatic hydroxyl groups is 1. The zero-order chi connectivity index (χ0) is 16.7. The number of nitrogens with zero attached hydrogens (tertiary/aromatic N) is 1. The Kier molecular flexibility index (Phi) is 6.76. The molecule has 0 unspecified atom stereocenters. The molecule has 1 heterocycles. The number of carbonyl (C=O) groups excluding carboxylic acids is 1. The van der Waals surface area contributed by atoms with Crippen LogP contribution in [-0.4, -0.2) is 67.5 Å². The molecule has 0 spiro atoms. The number of nitrogens with one attached hydrogen (secondary N) is 2. The molecule has 2 rings (SSSR count). The molecule has 23 heavy (non-hydrogen) atoms. The van der Waals surface area contributed by atoms with Gasteiger partial charge in [0.1, 0.15) is 6.54 Å². The summed E-state index contributed by atoms with van der Waals surface area (Å²) in [6.45, 7) is 4.79. The fourth-order valence-electron chi connectivity index (χ4n) is 2.58. The second-order valence-corrected chi connectivity index (χ2v) is 5.98. The zero-order valence-corrected chi connectivity index (χ0v) is 14.2. The van der Waals surface area contributed by atoms with Gasteiger partial charge in [0.25, 0.3) is 0 Å². The van der Waals surface area contributed by atoms with Crippen molar-refractivity contribution in [1.82, 2.24) is 4.90 Å². The Morgan fingerprint density at radius 2 is 2.00 bits per heavy atom. The summed E-state index contributed by atoms with van der Waals surface area (Å²) < 4.78 is 4.65. The van der Waals surface area contributed by atoms with Gasteiger partial charge in [0, 0.05) is 5.69 Å². The molecule has 6 nitrogen and oxygen atoms in total. The number of ether oxygens (including phenoxy) is 1. The predicted molar refractivity (Wildman–Crippen MR) is 92.6 cm³/mol. The van der Waals surface area contributed by atoms with E-state index < -0.39 is 0 Å². The van der Waals surface area contributed by atoms with Crippen LogP contribution in [-0.2, 0) is 16.0 Å². The molecule has 0 aliphatic carbocycles. The zero-order valence-electron chi connectivity index (χ0n) is 13.4. The van der Waals surface area contributed by atoms with Crippen molar-refractivity contribution in [1.29, 1.82) is 0 Å². The fourth-order valence-corrected chi connectivity index (χ4v) is 2.88. The van der Waals surface area contributed by atoms with E-state index in [1.54, 1.807) is 0 Å². The minimum Gasteiger partial charge on any atom is -0.469 e. The average Bonchev–Trinajstić information content (AvgIpc) is 2.57. The quantitative estimate of drug-likeness (QED) is 0.487. The molecule has 1 saturated heterocycles. The molecule has 126 valence electrons. The van der Waals surface area contributed by atoms with E-state index in [0.717, 1.165) is 44.0 Å². The first-order valence-electron chi connectivity index (χ1n) is 7.78. The first-order valence-corrected chi connectivity index (χ1v) is 8.19. The highest BCUT2D eigenvalue weighted by Gasteiger charge is 2.21. The number of hydrogen-bond acceptors (Lipinski definition) is 4. The highest BCUT2D eigenvalue weighted by molar-refractivity contribution is 7.80. The number of methoxy groups -OCH3 is 1. The molecule has 1 aromatic rings. The van der Waals surface area contributed by atoms with Gasteiger partial charge in [0.15, 0.2) is 5.11 Å². The Morgan fingerprint density at radius 3 is 2.57 bits per heavy atom. The van der Waals surface area contributed by atoms with Crippen LogP contribution in [0.5, 0.6) is 0 Å². The highest BCUT2D eigenvalue weighted by Crippen LogP contribution is 2.11. The Hall–Kier alpha value is -1.70. The summed E-state index contributed by atoms with van der Waals surface area (Å²) in [5, 5.41) is 12.9. The Morgan fingerprint density at radius 1 is 1.35 bits per heavy atom. The third kappa shape index (κ3) is 5.46. The average molecular weight is 338 g/mol. The van der Waals surface area contributed by atoms with Crippen molar-refractivity contribution in [2.45, 2.75) is 6.42 Å². The van der Waals surface area contributed by atoms with Gasteiger partial charge >= 0.3 is 5.97 Å². The Balaban J connectivity index is 1.82. The molecule has 1 aliphatic heterocycles. The van der Waals surface area contributed by atoms with Gasteiger partial charge in [0.2, 0.25) is 0 Å². The normalized spacial score (nSPS) is 15.3. The minimum absolute atomic E-state index is 0.232. The van der Waals surface area contributed by atoms with Crippen molar-refractivity contribution in [3.63, 3.8) is 0 Å². The van der Waals surface area contributed by atoms with Gasteiger partial charge < -0.3 is 25.0 Å². The third-order valence-corrected chi connectivity index (χ3v) is 4.36. The van der Waals surface area contributed by atoms with Crippen LogP contribution in [0.3, 0.4) is 0 Å². The number of carbonyl (C=O) groups is 1. The Bertz CT molecular complexity index is 528. The third-order valence-electron chi connectivity index (χ3n) is 4.00. The molecule has 1 fully saturated rings. The van der Waals surface area contributed by atoms with Crippen LogP contribution in [0.25, 0.3) is 0 Å². The van der Waals surface area contributed by atoms with E-state index in [9.17, 15) is 4.79 Å². The smallest absolute Gasteiger partial charge is 0.309 e. The largest absolute Gasteiger partial charge is 0.469 e. The Labute approximate surface area is 142 Å². The second kappa shape index (κ2) is 8.81. The number of piperazine rings is 1. The number of thiocarbonyl (C=S) groups is 1. The molecule has 0 radical (unpaired) electrons. The van der Waals surface area contributed by atoms with Gasteiger partial charge in [-0.05, 0) is 29.9 Å². The minimum atomic E-state index is -0.246. The van der Waals surface area contributed by atoms with Crippen molar-refractivity contribution < 1.29 is 19.5 Å². The summed E-state index contributed by atoms with van der Waals surface area (Å²) in [6, 6.07) is 7.62. The van der Waals surface area contributed by atoms with Crippen molar-refractivity contribution in [3.05, 3.63) is 29.8 Å². The van der Waals surface area contributed by atoms with E-state index in [-0.39, 0.29) is 19.0 Å². The van der Waals surface area contributed by atoms with E-state index in [0.29, 0.717) is 5.11 Å². The number of rotatable bonds is 5. The molecule has 7 heteroatoms. The summed E-state index contributed by atoms with van der Waals surface area (Å²) in [5.74, 6) is -0.246. The first kappa shape index (κ1) is 17.7. The van der Waals surface area contributed by atoms with Crippen molar-refractivity contribution in [3.8, 4) is 0 Å². The molecule has 3 N–H and O–H groups in total. The van der Waals surface area contributed by atoms with Crippen LogP contribution >= 0.6 is 12.2 Å². The van der Waals surface area contributed by atoms with Gasteiger partial charge in [-0.3, -0.25) is 4.79 Å². The summed E-state index contributed by atoms with van der Waals surface area (Å²) in [5.41, 5.74) is 1.82. The molecule has 0 amide bonds. The maximum Gasteiger partial charge on any atom is 0.309 e. The molecular formula is C16H24N3O3S+. The maximum atomic E-state index is 11.2. The SMILES string of the molecule is COC(=O)Cc1ccc(NC(=S)N2CC[NH+](CCO)CC2)cc1. The second-order valence-electron chi connectivity index (χ2n) is 5.59. The van der Waals surface area contributed by atoms with Crippen molar-refractivity contribution in [2.75, 3.05) is 51.8 Å². The lowest BCUT2D eigenvalue weighted by molar-refractivity contribution is -0.904. The van der Waals surface area contributed by atoms with Crippen molar-refractivity contribution >= 4 is 29.0 Å². The predicted octanol–water partition coefficient (Wildman–Crippen LogP) is -0.708. The topological polar surface area (TPSA) is 66.2 Å². The van der Waals surface area contributed by atoms with Crippen molar-refractivity contribution in [2.24, 2.45) is 0 Å². The van der Waals surface area contributed by atoms with Gasteiger partial charge in [-0.2, -0.15) is 0 Å². The molecule has 0 atom stereocenters. The van der Waals surface area contributed by atoms with E-state index in [2.05, 4.69) is 15.0 Å². The summed E-state index contributed by atoms with van der Waals surface area (Å²) in [4.78, 5) is 14.8. The van der Waals surface area contributed by atoms with Crippen LogP contribution in [0.4, 0.5) is 5.69 Å². The molecular weight excluding hydrogens is 314 g/mol. The number of aliphatic hydroxyl groups excluding tert-OH is 1. The monoisotopic (exact) mass is 338 g/mol. The number of hydrogen-bond donors (Lipinski definition) is 3. The number of benzene rings is 1. The first-order chi connectivity index (χ1) is 11.1. The number of anilines is 1. The van der Waals surface area contributed by atoms with Crippen LogP contribution in [0.15, 0.2) is 24.3 Å². The van der Waals surface area contributed by atoms with Gasteiger partial charge in [0.05, 0.1) is 46.3 Å². The fraction of sp³-hybridized carbons (Fsp3) is 0.500. The van der Waals surface area contributed by atoms with Gasteiger partial charge in [-0.25, -0.2) is 0 Å². The molecule has 0 aromatic heterocycles. The van der Waals surface area contributed by atoms with Gasteiger partial charge in [-0.15, -0.1) is 0 Å². The van der Waals surface area contributed by atoms with Crippen LogP contribution in [0, 0.1) is 0 Å². The number of esters is 1. The van der Waals surface area contributed by atoms with E-state index in [1.807, 2.05) is 24.3 Å². The summed E-state index contributed by atoms with van der Waals surface area (Å²) in [6.07, 6.45) is 0.275. The lowest BCUT2D eigenvalue weighted by Crippen LogP contribution is -3.15. The van der Waals surface area contributed by atoms with Gasteiger partial charge in [-0.1, -0.05) is 12.1 Å². The summed E-state index contributed by atoms with van der Waals surface area (Å²) >= 11 is 5.46. The van der Waals surface area contributed by atoms with Crippen LogP contribution in [0.1, 0.15) is 5.56 Å². The molecule has 1 aromatic carbocycles. The highest BCUT2D eigenvalue weighted by atomic mass is 32.1. The molecule has 0 bridgehead atoms. The van der Waals surface area contributed by atoms with E-state index >= 15 is 0 Å². The standard InChI is InChI=1S/C16H23N3O3S/c1-22-15(21)12-13-2-4-14(5-3-13)17-16(23)19-8-6-18(7-9-19)10-11-20/h2-5,20H,6-12H2,1H3,(H,17,23)/p+1. The van der Waals surface area contributed by atoms with Crippen LogP contribution < -0.4 is 10.2 Å². The molecule has 1 aliphatic rings. The summed E-state index contributed by atoms with van der Waals surface area (Å²) in [7, 11) is 1.39. The molecule has 0 saturated carbocycles. The lowest BCUT2D eigenvalue weighted by Gasteiger charge is -2.33. The maximum absolute atomic E-state index is 11.2. The lowest BCUT2D eigenvalue weighted by atomic mass is 10.1. The number of quaternary nitrogens is 1.